The third-order valence-electron chi connectivity index (χ3n) is 0. The summed E-state index contributed by atoms with van der Waals surface area (Å²) in [6.45, 7) is 4.00. The monoisotopic (exact) mass is 72.1 g/mol. The van der Waals surface area contributed by atoms with Crippen molar-refractivity contribution in [3.8, 4) is 0 Å². The quantitative estimate of drug-likeness (QED) is 0.362. The van der Waals surface area contributed by atoms with Gasteiger partial charge in [-0.3, -0.25) is 0 Å². The Hall–Kier alpha value is 0.0249. The zero-order valence-electron chi connectivity index (χ0n) is 3.99. The molecular weight excluding hydrogens is 62.8 g/mol. The van der Waals surface area contributed by atoms with E-state index in [9.17, 15) is 0 Å². The van der Waals surface area contributed by atoms with Crippen molar-refractivity contribution in [2.24, 2.45) is 0 Å². The van der Waals surface area contributed by atoms with Gasteiger partial charge < -0.3 is 5.11 Å². The largest absolute Gasteiger partial charge is 0.857 e. The van der Waals surface area contributed by atoms with Gasteiger partial charge >= 0.3 is 20.9 Å². The molecule has 5 heavy (non-hydrogen) atoms. The second kappa shape index (κ2) is 35.1. The van der Waals surface area contributed by atoms with Crippen LogP contribution in [0.4, 0.5) is 0 Å². The molecule has 30 valence electrons. The van der Waals surface area contributed by atoms with Gasteiger partial charge in [0.15, 0.2) is 0 Å². The van der Waals surface area contributed by atoms with Crippen molar-refractivity contribution in [2.45, 2.75) is 13.6 Å². The summed E-state index contributed by atoms with van der Waals surface area (Å²) in [5.41, 5.74) is 0. The molecule has 0 aromatic carbocycles. The van der Waals surface area contributed by atoms with Gasteiger partial charge in [0.25, 0.3) is 0 Å². The maximum atomic E-state index is 8.25. The van der Waals surface area contributed by atoms with Gasteiger partial charge in [-0.1, -0.05) is 0 Å². The SMILES string of the molecule is C[B+]C.C[O-]. The van der Waals surface area contributed by atoms with Crippen molar-refractivity contribution in [3.63, 3.8) is 0 Å². The van der Waals surface area contributed by atoms with Gasteiger partial charge in [0.05, 0.1) is 0 Å². The summed E-state index contributed by atoms with van der Waals surface area (Å²) in [7, 11) is 2.75. The molecule has 0 aliphatic heterocycles. The molecule has 0 unspecified atom stereocenters. The fraction of sp³-hybridized carbons (Fsp3) is 1.00. The molecule has 0 N–H and O–H groups in total. The number of hydrogen-bond acceptors (Lipinski definition) is 1. The Morgan fingerprint density at radius 3 is 1.20 bits per heavy atom. The Balaban J connectivity index is 0. The van der Waals surface area contributed by atoms with Gasteiger partial charge in [0.2, 0.25) is 0 Å². The second-order valence-electron chi connectivity index (χ2n) is 0.577. The van der Waals surface area contributed by atoms with Crippen molar-refractivity contribution in [1.29, 1.82) is 0 Å². The number of hydrogen-bond donors (Lipinski definition) is 0. The first-order valence-corrected chi connectivity index (χ1v) is 1.56. The van der Waals surface area contributed by atoms with Crippen molar-refractivity contribution in [3.05, 3.63) is 0 Å². The average molecular weight is 71.9 g/mol. The minimum Gasteiger partial charge on any atom is -0.857 e. The summed E-state index contributed by atoms with van der Waals surface area (Å²) < 4.78 is 0. The molecule has 0 aliphatic rings. The molecule has 0 aromatic rings. The van der Waals surface area contributed by atoms with E-state index in [2.05, 4.69) is 0 Å². The smallest absolute Gasteiger partial charge is 0.153 e. The van der Waals surface area contributed by atoms with Gasteiger partial charge in [-0.15, -0.1) is 0 Å². The van der Waals surface area contributed by atoms with Gasteiger partial charge in [-0.05, 0) is 0 Å². The minimum absolute atomic E-state index is 0.750. The van der Waals surface area contributed by atoms with E-state index in [0.29, 0.717) is 0 Å². The van der Waals surface area contributed by atoms with Crippen LogP contribution in [0.15, 0.2) is 0 Å². The van der Waals surface area contributed by atoms with Crippen LogP contribution in [0.1, 0.15) is 0 Å². The Bertz CT molecular complexity index is 6.85. The van der Waals surface area contributed by atoms with Gasteiger partial charge in [-0.25, -0.2) is 0 Å². The van der Waals surface area contributed by atoms with Crippen molar-refractivity contribution in [2.75, 3.05) is 7.11 Å². The van der Waals surface area contributed by atoms with Crippen LogP contribution < -0.4 is 5.11 Å². The summed E-state index contributed by atoms with van der Waals surface area (Å²) in [4.78, 5) is 0. The van der Waals surface area contributed by atoms with Gasteiger partial charge in [0, 0.05) is 0 Å². The summed E-state index contributed by atoms with van der Waals surface area (Å²) >= 11 is 0. The van der Waals surface area contributed by atoms with Crippen LogP contribution in [-0.4, -0.2) is 14.4 Å². The number of rotatable bonds is 0. The fourth-order valence-corrected chi connectivity index (χ4v) is 0. The van der Waals surface area contributed by atoms with Crippen molar-refractivity contribution >= 4 is 7.28 Å². The molecule has 0 radical (unpaired) electrons. The fourth-order valence-electron chi connectivity index (χ4n) is 0. The molecule has 0 saturated heterocycles. The molecule has 0 aromatic heterocycles. The third-order valence-corrected chi connectivity index (χ3v) is 0. The van der Waals surface area contributed by atoms with Crippen LogP contribution in [0.2, 0.25) is 13.6 Å². The minimum atomic E-state index is 0.750. The molecule has 0 amide bonds. The van der Waals surface area contributed by atoms with E-state index < -0.39 is 0 Å². The summed E-state index contributed by atoms with van der Waals surface area (Å²) in [5.74, 6) is 0. The Morgan fingerprint density at radius 2 is 1.20 bits per heavy atom. The first kappa shape index (κ1) is 8.90. The molecule has 0 spiro atoms. The Kier molecular flexibility index (Phi) is 62.4. The van der Waals surface area contributed by atoms with Crippen LogP contribution in [0.25, 0.3) is 0 Å². The standard InChI is InChI=1S/C2H6B.CH3O/c1-3-2;1-2/h1-2H3;1H3/q+1;-1. The molecule has 0 aliphatic carbocycles. The topological polar surface area (TPSA) is 23.1 Å². The molecule has 0 bridgehead atoms. The molecular formula is C3H9BO. The van der Waals surface area contributed by atoms with Crippen molar-refractivity contribution in [1.82, 2.24) is 0 Å². The van der Waals surface area contributed by atoms with E-state index in [1.54, 1.807) is 0 Å². The van der Waals surface area contributed by atoms with Crippen LogP contribution in [0.5, 0.6) is 0 Å². The molecule has 0 fully saturated rings. The van der Waals surface area contributed by atoms with Crippen molar-refractivity contribution < 1.29 is 5.11 Å². The molecule has 1 nitrogen and oxygen atoms in total. The van der Waals surface area contributed by atoms with E-state index >= 15 is 0 Å². The summed E-state index contributed by atoms with van der Waals surface area (Å²) in [6.07, 6.45) is 0. The van der Waals surface area contributed by atoms with Gasteiger partial charge in [-0.2, -0.15) is 7.11 Å². The molecule has 2 heteroatoms. The Morgan fingerprint density at radius 1 is 1.20 bits per heavy atom. The first-order valence-electron chi connectivity index (χ1n) is 1.56. The molecule has 0 saturated carbocycles. The Labute approximate surface area is 34.3 Å². The van der Waals surface area contributed by atoms with E-state index in [0.717, 1.165) is 7.11 Å². The maximum Gasteiger partial charge on any atom is -0.153 e. The predicted octanol–water partition coefficient (Wildman–Crippen LogP) is -0.237. The van der Waals surface area contributed by atoms with Crippen LogP contribution in [0.3, 0.4) is 0 Å². The van der Waals surface area contributed by atoms with Crippen LogP contribution >= 0.6 is 0 Å². The molecule has 0 heterocycles. The van der Waals surface area contributed by atoms with E-state index in [1.165, 1.54) is 0 Å². The van der Waals surface area contributed by atoms with E-state index in [4.69, 9.17) is 5.11 Å². The second-order valence-corrected chi connectivity index (χ2v) is 0.577. The zero-order chi connectivity index (χ0) is 4.71. The summed E-state index contributed by atoms with van der Waals surface area (Å²) in [5, 5.41) is 8.25. The molecule has 0 rings (SSSR count). The average Bonchev–Trinajstić information content (AvgIpc) is 1.46. The van der Waals surface area contributed by atoms with E-state index in [-0.39, 0.29) is 0 Å². The predicted molar refractivity (Wildman–Crippen MR) is 23.4 cm³/mol. The van der Waals surface area contributed by atoms with Gasteiger partial charge in [0.1, 0.15) is 0 Å². The van der Waals surface area contributed by atoms with E-state index in [1.807, 2.05) is 20.9 Å². The molecule has 0 atom stereocenters. The van der Waals surface area contributed by atoms with Crippen LogP contribution in [0, 0.1) is 0 Å². The van der Waals surface area contributed by atoms with Crippen LogP contribution in [-0.2, 0) is 0 Å². The summed E-state index contributed by atoms with van der Waals surface area (Å²) in [6, 6.07) is 0. The maximum absolute atomic E-state index is 8.25. The normalized spacial score (nSPS) is 3.20. The zero-order valence-corrected chi connectivity index (χ0v) is 3.99. The third kappa shape index (κ3) is 26500. The first-order chi connectivity index (χ1) is 2.41.